The zero-order valence-corrected chi connectivity index (χ0v) is 18.2. The van der Waals surface area contributed by atoms with Crippen molar-refractivity contribution in [2.24, 2.45) is 11.7 Å². The fourth-order valence-electron chi connectivity index (χ4n) is 5.17. The van der Waals surface area contributed by atoms with Crippen LogP contribution >= 0.6 is 0 Å². The number of imidazole rings is 1. The van der Waals surface area contributed by atoms with Crippen LogP contribution in [0.3, 0.4) is 0 Å². The van der Waals surface area contributed by atoms with E-state index < -0.39 is 0 Å². The molecule has 3 unspecified atom stereocenters. The molecular weight excluding hydrogens is 396 g/mol. The Morgan fingerprint density at radius 3 is 2.88 bits per heavy atom. The number of pyridine rings is 1. The summed E-state index contributed by atoms with van der Waals surface area (Å²) < 4.78 is 0. The Morgan fingerprint density at radius 2 is 2.09 bits per heavy atom. The monoisotopic (exact) mass is 426 g/mol. The standard InChI is InChI=1S/C26H30N6/c27-17-20-11-12-21(28)16-23(20)32(22-10-4-8-18-9-5-13-29-24(18)22)25(26-30-14-15-31-26)19-6-2-1-3-7-19/h1-3,5-6,9,11-16,19,22,25H,4,7-8,10,17,27-28H2,(H,30,31). The van der Waals surface area contributed by atoms with E-state index in [0.29, 0.717) is 6.54 Å². The van der Waals surface area contributed by atoms with Gasteiger partial charge in [-0.1, -0.05) is 36.4 Å². The average Bonchev–Trinajstić information content (AvgIpc) is 3.37. The third-order valence-electron chi connectivity index (χ3n) is 6.63. The molecule has 2 aliphatic carbocycles. The Labute approximate surface area is 189 Å². The van der Waals surface area contributed by atoms with Gasteiger partial charge in [-0.3, -0.25) is 4.98 Å². The molecule has 0 amide bonds. The van der Waals surface area contributed by atoms with Crippen LogP contribution < -0.4 is 16.4 Å². The minimum atomic E-state index is -0.00347. The van der Waals surface area contributed by atoms with Gasteiger partial charge in [0.2, 0.25) is 0 Å². The number of hydrogen-bond donors (Lipinski definition) is 3. The number of nitrogen functional groups attached to an aromatic ring is 1. The Bertz CT molecular complexity index is 1120. The molecule has 0 saturated carbocycles. The number of nitrogens with zero attached hydrogens (tertiary/aromatic N) is 3. The highest BCUT2D eigenvalue weighted by atomic mass is 15.2. The number of fused-ring (bicyclic) bond motifs is 1. The van der Waals surface area contributed by atoms with E-state index in [0.717, 1.165) is 54.1 Å². The molecule has 5 N–H and O–H groups in total. The summed E-state index contributed by atoms with van der Waals surface area (Å²) in [7, 11) is 0. The predicted molar refractivity (Wildman–Crippen MR) is 129 cm³/mol. The maximum Gasteiger partial charge on any atom is 0.129 e. The van der Waals surface area contributed by atoms with E-state index in [2.05, 4.69) is 52.4 Å². The van der Waals surface area contributed by atoms with Crippen LogP contribution in [0, 0.1) is 5.92 Å². The lowest BCUT2D eigenvalue weighted by Gasteiger charge is -2.44. The lowest BCUT2D eigenvalue weighted by molar-refractivity contribution is 0.390. The molecule has 0 aliphatic heterocycles. The molecule has 5 rings (SSSR count). The summed E-state index contributed by atoms with van der Waals surface area (Å²) in [4.78, 5) is 15.5. The molecular formula is C26H30N6. The smallest absolute Gasteiger partial charge is 0.129 e. The maximum absolute atomic E-state index is 6.31. The fraction of sp³-hybridized carbons (Fsp3) is 0.308. The molecule has 3 aromatic rings. The molecule has 32 heavy (non-hydrogen) atoms. The van der Waals surface area contributed by atoms with Gasteiger partial charge in [-0.15, -0.1) is 0 Å². The van der Waals surface area contributed by atoms with Crippen molar-refractivity contribution in [3.05, 3.63) is 95.9 Å². The highest BCUT2D eigenvalue weighted by Gasteiger charge is 2.38. The summed E-state index contributed by atoms with van der Waals surface area (Å²) >= 11 is 0. The first-order valence-corrected chi connectivity index (χ1v) is 11.4. The van der Waals surface area contributed by atoms with Gasteiger partial charge in [-0.05, 0) is 55.0 Å². The first-order chi connectivity index (χ1) is 15.8. The van der Waals surface area contributed by atoms with Crippen molar-refractivity contribution in [3.63, 3.8) is 0 Å². The first kappa shape index (κ1) is 20.5. The molecule has 1 aromatic carbocycles. The molecule has 2 aromatic heterocycles. The molecule has 2 aliphatic rings. The largest absolute Gasteiger partial charge is 0.399 e. The van der Waals surface area contributed by atoms with Gasteiger partial charge in [-0.2, -0.15) is 0 Å². The van der Waals surface area contributed by atoms with Gasteiger partial charge in [0.05, 0.1) is 17.8 Å². The minimum Gasteiger partial charge on any atom is -0.399 e. The molecule has 6 heteroatoms. The van der Waals surface area contributed by atoms with Crippen molar-refractivity contribution >= 4 is 11.4 Å². The number of aromatic nitrogens is 3. The molecule has 3 atom stereocenters. The van der Waals surface area contributed by atoms with Crippen molar-refractivity contribution in [1.82, 2.24) is 15.0 Å². The van der Waals surface area contributed by atoms with Gasteiger partial charge in [0.25, 0.3) is 0 Å². The van der Waals surface area contributed by atoms with Crippen LogP contribution in [0.25, 0.3) is 0 Å². The van der Waals surface area contributed by atoms with E-state index in [9.17, 15) is 0 Å². The van der Waals surface area contributed by atoms with Crippen LogP contribution in [0.1, 0.15) is 54.0 Å². The van der Waals surface area contributed by atoms with Gasteiger partial charge < -0.3 is 21.4 Å². The van der Waals surface area contributed by atoms with E-state index >= 15 is 0 Å². The summed E-state index contributed by atoms with van der Waals surface area (Å²) in [6.45, 7) is 0.444. The highest BCUT2D eigenvalue weighted by molar-refractivity contribution is 5.63. The third kappa shape index (κ3) is 3.82. The number of rotatable bonds is 6. The van der Waals surface area contributed by atoms with Gasteiger partial charge in [0, 0.05) is 42.4 Å². The Kier molecular flexibility index (Phi) is 5.77. The summed E-state index contributed by atoms with van der Waals surface area (Å²) in [5, 5.41) is 0. The molecule has 2 heterocycles. The topological polar surface area (TPSA) is 96.8 Å². The number of allylic oxidation sites excluding steroid dienone is 3. The lowest BCUT2D eigenvalue weighted by atomic mass is 9.85. The summed E-state index contributed by atoms with van der Waals surface area (Å²) in [5.74, 6) is 1.20. The number of nitrogens with one attached hydrogen (secondary N) is 1. The number of H-pyrrole nitrogens is 1. The number of hydrogen-bond acceptors (Lipinski definition) is 5. The molecule has 0 fully saturated rings. The lowest BCUT2D eigenvalue weighted by Crippen LogP contribution is -2.40. The Morgan fingerprint density at radius 1 is 1.16 bits per heavy atom. The Hall–Kier alpha value is -3.38. The summed E-state index contributed by atoms with van der Waals surface area (Å²) in [6, 6.07) is 10.4. The minimum absolute atomic E-state index is 0.00347. The zero-order chi connectivity index (χ0) is 21.9. The van der Waals surface area contributed by atoms with E-state index in [1.54, 1.807) is 0 Å². The van der Waals surface area contributed by atoms with Crippen LogP contribution in [0.4, 0.5) is 11.4 Å². The van der Waals surface area contributed by atoms with Gasteiger partial charge in [0.15, 0.2) is 0 Å². The van der Waals surface area contributed by atoms with E-state index in [1.165, 1.54) is 5.56 Å². The number of anilines is 2. The van der Waals surface area contributed by atoms with E-state index in [1.807, 2.05) is 30.7 Å². The SMILES string of the molecule is NCc1ccc(N)cc1N(C1CCCc2cccnc21)C(c1ncc[nH]1)C1C=CC=CC1. The normalized spacial score (nSPS) is 20.7. The second-order valence-electron chi connectivity index (χ2n) is 8.59. The van der Waals surface area contributed by atoms with Gasteiger partial charge >= 0.3 is 0 Å². The van der Waals surface area contributed by atoms with Crippen LogP contribution in [-0.2, 0) is 13.0 Å². The second kappa shape index (κ2) is 9.01. The third-order valence-corrected chi connectivity index (χ3v) is 6.63. The summed E-state index contributed by atoms with van der Waals surface area (Å²) in [5.41, 5.74) is 17.9. The van der Waals surface area contributed by atoms with Crippen molar-refractivity contribution in [2.75, 3.05) is 10.6 Å². The molecule has 6 nitrogen and oxygen atoms in total. The van der Waals surface area contributed by atoms with Crippen LogP contribution in [0.15, 0.2) is 73.2 Å². The molecule has 0 saturated heterocycles. The number of aryl methyl sites for hydroxylation is 1. The summed E-state index contributed by atoms with van der Waals surface area (Å²) in [6.07, 6.45) is 18.6. The van der Waals surface area contributed by atoms with Crippen molar-refractivity contribution in [1.29, 1.82) is 0 Å². The molecule has 0 spiro atoms. The van der Waals surface area contributed by atoms with Crippen molar-refractivity contribution in [2.45, 2.75) is 44.3 Å². The van der Waals surface area contributed by atoms with E-state index in [4.69, 9.17) is 21.4 Å². The highest BCUT2D eigenvalue weighted by Crippen LogP contribution is 2.46. The van der Waals surface area contributed by atoms with Gasteiger partial charge in [0.1, 0.15) is 5.82 Å². The molecule has 0 bridgehead atoms. The van der Waals surface area contributed by atoms with Gasteiger partial charge in [-0.25, -0.2) is 4.98 Å². The van der Waals surface area contributed by atoms with E-state index in [-0.39, 0.29) is 18.0 Å². The number of nitrogens with two attached hydrogens (primary N) is 2. The first-order valence-electron chi connectivity index (χ1n) is 11.4. The maximum atomic E-state index is 6.31. The number of aromatic amines is 1. The fourth-order valence-corrected chi connectivity index (χ4v) is 5.17. The van der Waals surface area contributed by atoms with Crippen molar-refractivity contribution < 1.29 is 0 Å². The zero-order valence-electron chi connectivity index (χ0n) is 18.2. The molecule has 164 valence electrons. The predicted octanol–water partition coefficient (Wildman–Crippen LogP) is 4.60. The van der Waals surface area contributed by atoms with Crippen LogP contribution in [0.2, 0.25) is 0 Å². The Balaban J connectivity index is 1.72. The van der Waals surface area contributed by atoms with Crippen LogP contribution in [0.5, 0.6) is 0 Å². The second-order valence-corrected chi connectivity index (χ2v) is 8.59. The number of benzene rings is 1. The quantitative estimate of drug-likeness (QED) is 0.501. The van der Waals surface area contributed by atoms with Crippen LogP contribution in [-0.4, -0.2) is 15.0 Å². The molecule has 0 radical (unpaired) electrons. The van der Waals surface area contributed by atoms with Crippen molar-refractivity contribution in [3.8, 4) is 0 Å². The average molecular weight is 427 g/mol.